The number of hydrogen-bond acceptors (Lipinski definition) is 4. The summed E-state index contributed by atoms with van der Waals surface area (Å²) in [5.41, 5.74) is 5.19. The Balaban J connectivity index is 1.76. The average molecular weight is 383 g/mol. The number of carbonyl (C=O) groups is 2. The largest absolute Gasteiger partial charge is 0.378 e. The summed E-state index contributed by atoms with van der Waals surface area (Å²) in [7, 11) is 5.89. The Hall–Kier alpha value is -2.86. The maximum absolute atomic E-state index is 12.1. The highest BCUT2D eigenvalue weighted by atomic mass is 16.2. The smallest absolute Gasteiger partial charge is 0.243 e. The highest BCUT2D eigenvalue weighted by molar-refractivity contribution is 5.95. The summed E-state index contributed by atoms with van der Waals surface area (Å²) < 4.78 is 0. The SMILES string of the molecule is Cc1cccc(NC(=O)CNC(=O)CN(C)Cc2ccc(N(C)C)cc2)c1C. The van der Waals surface area contributed by atoms with Crippen molar-refractivity contribution in [2.75, 3.05) is 44.4 Å². The van der Waals surface area contributed by atoms with Crippen LogP contribution >= 0.6 is 0 Å². The Bertz CT molecular complexity index is 816. The molecule has 0 heterocycles. The molecule has 0 aliphatic carbocycles. The molecule has 0 bridgehead atoms. The van der Waals surface area contributed by atoms with Gasteiger partial charge in [-0.15, -0.1) is 0 Å². The van der Waals surface area contributed by atoms with Crippen LogP contribution in [0.5, 0.6) is 0 Å². The van der Waals surface area contributed by atoms with Gasteiger partial charge in [-0.25, -0.2) is 0 Å². The fourth-order valence-corrected chi connectivity index (χ4v) is 2.83. The molecular weight excluding hydrogens is 352 g/mol. The molecule has 0 radical (unpaired) electrons. The molecular formula is C22H30N4O2. The average Bonchev–Trinajstić information content (AvgIpc) is 2.64. The Labute approximate surface area is 167 Å². The van der Waals surface area contributed by atoms with Crippen LogP contribution in [-0.4, -0.2) is 50.9 Å². The summed E-state index contributed by atoms with van der Waals surface area (Å²) in [6.07, 6.45) is 0. The van der Waals surface area contributed by atoms with E-state index >= 15 is 0 Å². The van der Waals surface area contributed by atoms with Crippen molar-refractivity contribution >= 4 is 23.2 Å². The molecule has 6 nitrogen and oxygen atoms in total. The summed E-state index contributed by atoms with van der Waals surface area (Å²) in [6.45, 7) is 4.81. The van der Waals surface area contributed by atoms with E-state index in [2.05, 4.69) is 34.9 Å². The number of benzene rings is 2. The molecule has 2 aromatic rings. The van der Waals surface area contributed by atoms with Crippen molar-refractivity contribution in [2.45, 2.75) is 20.4 Å². The van der Waals surface area contributed by atoms with Gasteiger partial charge in [0.25, 0.3) is 0 Å². The molecule has 0 unspecified atom stereocenters. The molecule has 2 rings (SSSR count). The van der Waals surface area contributed by atoms with E-state index in [9.17, 15) is 9.59 Å². The zero-order valence-corrected chi connectivity index (χ0v) is 17.4. The van der Waals surface area contributed by atoms with Gasteiger partial charge in [-0.1, -0.05) is 24.3 Å². The molecule has 2 N–H and O–H groups in total. The van der Waals surface area contributed by atoms with E-state index < -0.39 is 0 Å². The second-order valence-corrected chi connectivity index (χ2v) is 7.31. The first-order chi connectivity index (χ1) is 13.3. The molecule has 2 amide bonds. The van der Waals surface area contributed by atoms with E-state index in [0.29, 0.717) is 6.54 Å². The van der Waals surface area contributed by atoms with Crippen molar-refractivity contribution in [3.05, 3.63) is 59.2 Å². The number of likely N-dealkylation sites (N-methyl/N-ethyl adjacent to an activating group) is 1. The number of rotatable bonds is 8. The minimum absolute atomic E-state index is 0.0441. The second-order valence-electron chi connectivity index (χ2n) is 7.31. The third kappa shape index (κ3) is 6.39. The first-order valence-electron chi connectivity index (χ1n) is 9.34. The zero-order chi connectivity index (χ0) is 20.7. The summed E-state index contributed by atoms with van der Waals surface area (Å²) in [5.74, 6) is -0.410. The van der Waals surface area contributed by atoms with Gasteiger partial charge in [-0.05, 0) is 55.8 Å². The lowest BCUT2D eigenvalue weighted by Gasteiger charge is -2.18. The molecule has 28 heavy (non-hydrogen) atoms. The predicted octanol–water partition coefficient (Wildman–Crippen LogP) is 2.56. The van der Waals surface area contributed by atoms with Gasteiger partial charge in [0.05, 0.1) is 13.1 Å². The number of carbonyl (C=O) groups excluding carboxylic acids is 2. The van der Waals surface area contributed by atoms with Gasteiger partial charge in [0.1, 0.15) is 0 Å². The Morgan fingerprint density at radius 3 is 2.25 bits per heavy atom. The molecule has 0 aliphatic heterocycles. The fraction of sp³-hybridized carbons (Fsp3) is 0.364. The highest BCUT2D eigenvalue weighted by Gasteiger charge is 2.10. The number of hydrogen-bond donors (Lipinski definition) is 2. The van der Waals surface area contributed by atoms with Gasteiger partial charge in [-0.2, -0.15) is 0 Å². The van der Waals surface area contributed by atoms with Gasteiger partial charge in [0.2, 0.25) is 11.8 Å². The zero-order valence-electron chi connectivity index (χ0n) is 17.4. The van der Waals surface area contributed by atoms with Crippen molar-refractivity contribution < 1.29 is 9.59 Å². The van der Waals surface area contributed by atoms with Crippen LogP contribution in [0.25, 0.3) is 0 Å². The predicted molar refractivity (Wildman–Crippen MR) is 115 cm³/mol. The van der Waals surface area contributed by atoms with Crippen LogP contribution in [0, 0.1) is 13.8 Å². The lowest BCUT2D eigenvalue weighted by molar-refractivity contribution is -0.124. The van der Waals surface area contributed by atoms with E-state index in [1.54, 1.807) is 0 Å². The maximum Gasteiger partial charge on any atom is 0.243 e. The highest BCUT2D eigenvalue weighted by Crippen LogP contribution is 2.17. The summed E-state index contributed by atoms with van der Waals surface area (Å²) in [5, 5.41) is 5.52. The number of nitrogens with zero attached hydrogens (tertiary/aromatic N) is 2. The first kappa shape index (κ1) is 21.4. The van der Waals surface area contributed by atoms with Crippen LogP contribution in [0.1, 0.15) is 16.7 Å². The lowest BCUT2D eigenvalue weighted by atomic mass is 10.1. The van der Waals surface area contributed by atoms with Gasteiger partial charge < -0.3 is 15.5 Å². The third-order valence-electron chi connectivity index (χ3n) is 4.64. The number of nitrogens with one attached hydrogen (secondary N) is 2. The van der Waals surface area contributed by atoms with Gasteiger partial charge in [0, 0.05) is 32.0 Å². The van der Waals surface area contributed by atoms with Gasteiger partial charge >= 0.3 is 0 Å². The molecule has 0 atom stereocenters. The van der Waals surface area contributed by atoms with Crippen molar-refractivity contribution in [3.63, 3.8) is 0 Å². The molecule has 0 fully saturated rings. The quantitative estimate of drug-likeness (QED) is 0.737. The van der Waals surface area contributed by atoms with Crippen molar-refractivity contribution in [1.29, 1.82) is 0 Å². The van der Waals surface area contributed by atoms with Crippen LogP contribution in [0.3, 0.4) is 0 Å². The lowest BCUT2D eigenvalue weighted by Crippen LogP contribution is -2.39. The fourth-order valence-electron chi connectivity index (χ4n) is 2.83. The van der Waals surface area contributed by atoms with E-state index in [-0.39, 0.29) is 24.9 Å². The van der Waals surface area contributed by atoms with Crippen molar-refractivity contribution in [1.82, 2.24) is 10.2 Å². The monoisotopic (exact) mass is 382 g/mol. The molecule has 0 aromatic heterocycles. The molecule has 0 saturated carbocycles. The Morgan fingerprint density at radius 1 is 0.929 bits per heavy atom. The molecule has 0 aliphatic rings. The number of anilines is 2. The standard InChI is InChI=1S/C22H30N4O2/c1-16-7-6-8-20(17(16)2)24-21(27)13-23-22(28)15-26(5)14-18-9-11-19(12-10-18)25(3)4/h6-12H,13-15H2,1-5H3,(H,23,28)(H,24,27). The van der Waals surface area contributed by atoms with Gasteiger partial charge in [-0.3, -0.25) is 14.5 Å². The molecule has 6 heteroatoms. The van der Waals surface area contributed by atoms with Crippen LogP contribution in [-0.2, 0) is 16.1 Å². The molecule has 2 aromatic carbocycles. The van der Waals surface area contributed by atoms with Crippen LogP contribution in [0.15, 0.2) is 42.5 Å². The van der Waals surface area contributed by atoms with Crippen LogP contribution < -0.4 is 15.5 Å². The minimum Gasteiger partial charge on any atom is -0.378 e. The van der Waals surface area contributed by atoms with Crippen molar-refractivity contribution in [3.8, 4) is 0 Å². The summed E-state index contributed by atoms with van der Waals surface area (Å²) in [4.78, 5) is 28.2. The Kier molecular flexibility index (Phi) is 7.58. The molecule has 0 spiro atoms. The van der Waals surface area contributed by atoms with Crippen LogP contribution in [0.4, 0.5) is 11.4 Å². The van der Waals surface area contributed by atoms with E-state index in [0.717, 1.165) is 28.1 Å². The summed E-state index contributed by atoms with van der Waals surface area (Å²) in [6, 6.07) is 14.0. The maximum atomic E-state index is 12.1. The molecule has 150 valence electrons. The van der Waals surface area contributed by atoms with E-state index in [4.69, 9.17) is 0 Å². The first-order valence-corrected chi connectivity index (χ1v) is 9.34. The normalized spacial score (nSPS) is 10.6. The van der Waals surface area contributed by atoms with Crippen molar-refractivity contribution in [2.24, 2.45) is 0 Å². The summed E-state index contributed by atoms with van der Waals surface area (Å²) >= 11 is 0. The molecule has 0 saturated heterocycles. The van der Waals surface area contributed by atoms with E-state index in [1.807, 2.05) is 63.0 Å². The topological polar surface area (TPSA) is 64.7 Å². The number of amides is 2. The number of aryl methyl sites for hydroxylation is 1. The minimum atomic E-state index is -0.232. The van der Waals surface area contributed by atoms with Crippen LogP contribution in [0.2, 0.25) is 0 Å². The third-order valence-corrected chi connectivity index (χ3v) is 4.64. The second kappa shape index (κ2) is 9.90. The Morgan fingerprint density at radius 2 is 1.61 bits per heavy atom. The van der Waals surface area contributed by atoms with E-state index in [1.165, 1.54) is 0 Å². The van der Waals surface area contributed by atoms with Gasteiger partial charge in [0.15, 0.2) is 0 Å².